The molecule has 2 aromatic carbocycles. The molecule has 8 nitrogen and oxygen atoms in total. The maximum absolute atomic E-state index is 8.49. The summed E-state index contributed by atoms with van der Waals surface area (Å²) in [6.45, 7) is 1.95. The van der Waals surface area contributed by atoms with Gasteiger partial charge in [0.05, 0.1) is 14.2 Å². The van der Waals surface area contributed by atoms with E-state index in [-0.39, 0.29) is 0 Å². The van der Waals surface area contributed by atoms with Crippen LogP contribution in [-0.2, 0) is 0 Å². The zero-order chi connectivity index (χ0) is 22.1. The van der Waals surface area contributed by atoms with Crippen LogP contribution in [0.4, 0.5) is 0 Å². The number of H-pyrrole nitrogens is 1. The minimum absolute atomic E-state index is 0.691. The van der Waals surface area contributed by atoms with Gasteiger partial charge in [0.1, 0.15) is 11.3 Å². The van der Waals surface area contributed by atoms with Gasteiger partial charge in [0, 0.05) is 26.9 Å². The Morgan fingerprint density at radius 3 is 1.97 bits per heavy atom. The zero-order valence-corrected chi connectivity index (χ0v) is 18.5. The average Bonchev–Trinajstić information content (AvgIpc) is 3.10. The average molecular weight is 499 g/mol. The van der Waals surface area contributed by atoms with E-state index in [0.717, 1.165) is 43.7 Å². The van der Waals surface area contributed by atoms with Gasteiger partial charge in [0.2, 0.25) is 5.69 Å². The number of hydrogen-bond acceptors (Lipinski definition) is 7. The number of rotatable bonds is 3. The monoisotopic (exact) mass is 497 g/mol. The van der Waals surface area contributed by atoms with Crippen LogP contribution >= 0.6 is 15.9 Å². The molecule has 0 fully saturated rings. The van der Waals surface area contributed by atoms with Gasteiger partial charge in [-0.2, -0.15) is 4.98 Å². The fraction of sp³-hybridized carbons (Fsp3) is 0.150. The Kier molecular flexibility index (Phi) is 6.51. The van der Waals surface area contributed by atoms with Gasteiger partial charge >= 0.3 is 5.89 Å². The Balaban J connectivity index is 0.000000461. The smallest absolute Gasteiger partial charge is 0.380 e. The normalized spacial score (nSPS) is 11.3. The van der Waals surface area contributed by atoms with Crippen molar-refractivity contribution >= 4 is 26.7 Å². The highest BCUT2D eigenvalue weighted by molar-refractivity contribution is 9.10. The van der Waals surface area contributed by atoms with E-state index in [1.54, 1.807) is 14.2 Å². The molecule has 10 heteroatoms. The number of aryl methyl sites for hydroxylation is 1. The molecule has 0 atom stereocenters. The van der Waals surface area contributed by atoms with Crippen LogP contribution < -0.4 is 33.1 Å². The van der Waals surface area contributed by atoms with Gasteiger partial charge in [-0.1, -0.05) is 15.9 Å². The van der Waals surface area contributed by atoms with Crippen LogP contribution in [0, 0.1) is 17.2 Å². The molecule has 0 amide bonds. The highest BCUT2D eigenvalue weighted by Crippen LogP contribution is 2.40. The fourth-order valence-electron chi connectivity index (χ4n) is 3.10. The summed E-state index contributed by atoms with van der Waals surface area (Å²) < 4.78 is 51.9. The molecule has 2 heterocycles. The van der Waals surface area contributed by atoms with E-state index >= 15 is 0 Å². The molecule has 2 aromatic rings. The molecule has 0 aromatic heterocycles. The number of fused-ring (bicyclic) bond motifs is 3. The second-order valence-corrected chi connectivity index (χ2v) is 7.89. The molecule has 0 bridgehead atoms. The van der Waals surface area contributed by atoms with Gasteiger partial charge < -0.3 is 13.9 Å². The summed E-state index contributed by atoms with van der Waals surface area (Å²) in [5.74, 6) is 2.97. The summed E-state index contributed by atoms with van der Waals surface area (Å²) in [7, 11) is -1.66. The summed E-state index contributed by atoms with van der Waals surface area (Å²) in [6.07, 6.45) is 0. The number of halogens is 2. The van der Waals surface area contributed by atoms with Crippen LogP contribution in [0.5, 0.6) is 11.5 Å². The molecule has 0 aliphatic carbocycles. The molecule has 4 rings (SSSR count). The molecule has 0 unspecified atom stereocenters. The van der Waals surface area contributed by atoms with E-state index < -0.39 is 10.2 Å². The predicted molar refractivity (Wildman–Crippen MR) is 100 cm³/mol. The summed E-state index contributed by atoms with van der Waals surface area (Å²) in [4.78, 5) is 3.38. The van der Waals surface area contributed by atoms with Crippen molar-refractivity contribution in [1.29, 1.82) is 0 Å². The van der Waals surface area contributed by atoms with Crippen molar-refractivity contribution < 1.29 is 47.8 Å². The third-order valence-corrected chi connectivity index (χ3v) is 4.91. The lowest BCUT2D eigenvalue weighted by molar-refractivity contribution is -2.00. The highest BCUT2D eigenvalue weighted by Gasteiger charge is 2.25. The molecule has 158 valence electrons. The second kappa shape index (κ2) is 8.76. The Hall–Kier alpha value is -2.40. The van der Waals surface area contributed by atoms with Crippen molar-refractivity contribution in [2.45, 2.75) is 6.92 Å². The third-order valence-electron chi connectivity index (χ3n) is 4.39. The van der Waals surface area contributed by atoms with E-state index in [0.29, 0.717) is 11.5 Å². The minimum atomic E-state index is -4.94. The van der Waals surface area contributed by atoms with E-state index in [1.807, 2.05) is 31.2 Å². The van der Waals surface area contributed by atoms with Crippen molar-refractivity contribution in [1.82, 2.24) is 0 Å². The van der Waals surface area contributed by atoms with E-state index in [2.05, 4.69) is 39.1 Å². The molecule has 0 saturated heterocycles. The lowest BCUT2D eigenvalue weighted by Crippen LogP contribution is -2.68. The van der Waals surface area contributed by atoms with Crippen molar-refractivity contribution in [3.8, 4) is 34.2 Å². The summed E-state index contributed by atoms with van der Waals surface area (Å²) in [5.41, 5.74) is 3.12. The Morgan fingerprint density at radius 2 is 1.43 bits per heavy atom. The molecule has 2 aliphatic heterocycles. The van der Waals surface area contributed by atoms with Gasteiger partial charge in [-0.3, -0.25) is 0 Å². The SMILES string of the molecule is COc1cc2c3cc(-c4ccc(Br)cc4)[nH+]c-3oc(C)c2cc1OC.[O-][Cl+3]([O-])([O-])[O-]. The molecule has 30 heavy (non-hydrogen) atoms. The van der Waals surface area contributed by atoms with Gasteiger partial charge in [-0.05, 0) is 43.3 Å². The first-order valence-electron chi connectivity index (χ1n) is 8.49. The molecular formula is C20H17BrClNO7. The van der Waals surface area contributed by atoms with Crippen LogP contribution in [0.1, 0.15) is 5.76 Å². The van der Waals surface area contributed by atoms with Crippen LogP contribution in [0.3, 0.4) is 0 Å². The van der Waals surface area contributed by atoms with Crippen LogP contribution in [0.25, 0.3) is 33.5 Å². The minimum Gasteiger partial charge on any atom is -0.493 e. The number of benzene rings is 2. The third kappa shape index (κ3) is 5.01. The first-order valence-corrected chi connectivity index (χ1v) is 10.5. The number of aromatic nitrogens is 1. The van der Waals surface area contributed by atoms with E-state index in [1.165, 1.54) is 0 Å². The molecule has 2 aliphatic rings. The Labute approximate surface area is 182 Å². The van der Waals surface area contributed by atoms with Gasteiger partial charge in [-0.15, -0.1) is 10.2 Å². The summed E-state index contributed by atoms with van der Waals surface area (Å²) in [6, 6.07) is 14.2. The summed E-state index contributed by atoms with van der Waals surface area (Å²) >= 11 is 3.47. The molecule has 0 spiro atoms. The lowest BCUT2D eigenvalue weighted by Gasteiger charge is -2.17. The fourth-order valence-corrected chi connectivity index (χ4v) is 3.37. The van der Waals surface area contributed by atoms with Crippen molar-refractivity contribution in [2.24, 2.45) is 0 Å². The number of nitrogens with one attached hydrogen (secondary N) is 1. The van der Waals surface area contributed by atoms with Crippen LogP contribution in [0.15, 0.2) is 51.4 Å². The zero-order valence-electron chi connectivity index (χ0n) is 16.2. The molecule has 0 saturated carbocycles. The number of hydrogen-bond donors (Lipinski definition) is 0. The van der Waals surface area contributed by atoms with Gasteiger partial charge in [-0.25, -0.2) is 18.6 Å². The van der Waals surface area contributed by atoms with Crippen molar-refractivity contribution in [2.75, 3.05) is 14.2 Å². The number of ether oxygens (including phenoxy) is 2. The lowest BCUT2D eigenvalue weighted by atomic mass is 10.0. The molecule has 0 radical (unpaired) electrons. The largest absolute Gasteiger partial charge is 0.493 e. The Morgan fingerprint density at radius 1 is 0.900 bits per heavy atom. The topological polar surface area (TPSA) is 138 Å². The maximum atomic E-state index is 8.49. The van der Waals surface area contributed by atoms with Crippen LogP contribution in [-0.4, -0.2) is 14.2 Å². The molecule has 1 N–H and O–H groups in total. The quantitative estimate of drug-likeness (QED) is 0.397. The highest BCUT2D eigenvalue weighted by atomic mass is 79.9. The predicted octanol–water partition coefficient (Wildman–Crippen LogP) is 0.351. The summed E-state index contributed by atoms with van der Waals surface area (Å²) in [5, 5.41) is 2.07. The van der Waals surface area contributed by atoms with E-state index in [9.17, 15) is 0 Å². The first-order chi connectivity index (χ1) is 14.1. The molecular weight excluding hydrogens is 482 g/mol. The van der Waals surface area contributed by atoms with Crippen molar-refractivity contribution in [3.63, 3.8) is 0 Å². The van der Waals surface area contributed by atoms with Gasteiger partial charge in [0.25, 0.3) is 0 Å². The van der Waals surface area contributed by atoms with E-state index in [4.69, 9.17) is 32.5 Å². The Bertz CT molecular complexity index is 1130. The second-order valence-electron chi connectivity index (χ2n) is 6.22. The van der Waals surface area contributed by atoms with Crippen LogP contribution in [0.2, 0.25) is 0 Å². The number of methoxy groups -OCH3 is 2. The van der Waals surface area contributed by atoms with Gasteiger partial charge in [0.15, 0.2) is 11.5 Å². The van der Waals surface area contributed by atoms with Crippen molar-refractivity contribution in [3.05, 3.63) is 52.7 Å². The maximum Gasteiger partial charge on any atom is 0.380 e. The standard InChI is InChI=1S/C20H16BrNO3.ClHO4/c1-11-14-9-18(23-2)19(24-3)10-15(14)16-8-17(22-20(16)25-11)12-4-6-13(21)7-5-12;2-1(3,4)5/h4-10H,1-3H3;(H,2,3,4,5). The first kappa shape index (κ1) is 22.3. The number of aromatic amines is 1.